The molecule has 26 heavy (non-hydrogen) atoms. The fourth-order valence-electron chi connectivity index (χ4n) is 2.94. The van der Waals surface area contributed by atoms with Crippen LogP contribution >= 0.6 is 0 Å². The van der Waals surface area contributed by atoms with Gasteiger partial charge in [-0.15, -0.1) is 0 Å². The Morgan fingerprint density at radius 3 is 2.46 bits per heavy atom. The van der Waals surface area contributed by atoms with Gasteiger partial charge in [-0.05, 0) is 36.6 Å². The van der Waals surface area contributed by atoms with Gasteiger partial charge in [-0.3, -0.25) is 4.79 Å². The minimum Gasteiger partial charge on any atom is -0.342 e. The minimum atomic E-state index is -3.71. The second-order valence-electron chi connectivity index (χ2n) is 6.29. The summed E-state index contributed by atoms with van der Waals surface area (Å²) < 4.78 is 40.7. The number of hydrogen-bond donors (Lipinski definition) is 1. The molecule has 0 aromatic heterocycles. The minimum absolute atomic E-state index is 0.103. The second-order valence-corrected chi connectivity index (χ2v) is 8.06. The van der Waals surface area contributed by atoms with Crippen molar-refractivity contribution in [3.8, 4) is 0 Å². The molecule has 1 fully saturated rings. The Bertz CT molecular complexity index is 882. The van der Waals surface area contributed by atoms with Crippen molar-refractivity contribution < 1.29 is 17.6 Å². The summed E-state index contributed by atoms with van der Waals surface area (Å²) >= 11 is 0. The lowest BCUT2D eigenvalue weighted by Crippen LogP contribution is -2.27. The van der Waals surface area contributed by atoms with Crippen LogP contribution in [0.3, 0.4) is 0 Å². The highest BCUT2D eigenvalue weighted by Gasteiger charge is 2.19. The van der Waals surface area contributed by atoms with Gasteiger partial charge in [-0.1, -0.05) is 30.3 Å². The highest BCUT2D eigenvalue weighted by Crippen LogP contribution is 2.15. The molecule has 0 radical (unpaired) electrons. The lowest BCUT2D eigenvalue weighted by Gasteiger charge is -2.15. The van der Waals surface area contributed by atoms with Crippen LogP contribution in [0.15, 0.2) is 53.4 Å². The summed E-state index contributed by atoms with van der Waals surface area (Å²) in [4.78, 5) is 13.6. The van der Waals surface area contributed by atoms with E-state index in [1.54, 1.807) is 30.3 Å². The first-order chi connectivity index (χ1) is 12.5. The molecule has 2 aromatic carbocycles. The van der Waals surface area contributed by atoms with Gasteiger partial charge in [0.25, 0.3) is 0 Å². The van der Waals surface area contributed by atoms with Crippen LogP contribution in [0.4, 0.5) is 4.39 Å². The molecule has 2 aromatic rings. The number of carbonyl (C=O) groups excluding carboxylic acids is 1. The number of rotatable bonds is 7. The molecule has 0 spiro atoms. The van der Waals surface area contributed by atoms with Crippen molar-refractivity contribution in [2.75, 3.05) is 13.1 Å². The predicted octanol–water partition coefficient (Wildman–Crippen LogP) is 2.47. The van der Waals surface area contributed by atoms with Crippen LogP contribution in [0.2, 0.25) is 0 Å². The van der Waals surface area contributed by atoms with Gasteiger partial charge >= 0.3 is 0 Å². The maximum absolute atomic E-state index is 13.6. The Morgan fingerprint density at radius 2 is 1.81 bits per heavy atom. The molecule has 138 valence electrons. The SMILES string of the molecule is O=C1CCCN1CCc1ccc(S(=O)(=O)NCc2ccccc2F)cc1. The van der Waals surface area contributed by atoms with Crippen LogP contribution in [0.5, 0.6) is 0 Å². The van der Waals surface area contributed by atoms with Crippen molar-refractivity contribution in [3.05, 3.63) is 65.5 Å². The van der Waals surface area contributed by atoms with E-state index in [1.807, 2.05) is 4.90 Å². The summed E-state index contributed by atoms with van der Waals surface area (Å²) in [6.07, 6.45) is 2.21. The largest absolute Gasteiger partial charge is 0.342 e. The van der Waals surface area contributed by atoms with E-state index in [0.717, 1.165) is 18.5 Å². The van der Waals surface area contributed by atoms with Crippen molar-refractivity contribution >= 4 is 15.9 Å². The van der Waals surface area contributed by atoms with Gasteiger partial charge < -0.3 is 4.90 Å². The monoisotopic (exact) mass is 376 g/mol. The zero-order valence-corrected chi connectivity index (χ0v) is 15.1. The molecule has 1 saturated heterocycles. The molecule has 5 nitrogen and oxygen atoms in total. The van der Waals surface area contributed by atoms with E-state index in [2.05, 4.69) is 4.72 Å². The summed E-state index contributed by atoms with van der Waals surface area (Å²) in [6, 6.07) is 12.6. The molecular formula is C19H21FN2O3S. The number of nitrogens with one attached hydrogen (secondary N) is 1. The van der Waals surface area contributed by atoms with E-state index in [-0.39, 0.29) is 17.3 Å². The average Bonchev–Trinajstić information content (AvgIpc) is 3.05. The van der Waals surface area contributed by atoms with Gasteiger partial charge in [0.15, 0.2) is 0 Å². The first-order valence-electron chi connectivity index (χ1n) is 8.55. The molecule has 1 aliphatic rings. The van der Waals surface area contributed by atoms with Crippen molar-refractivity contribution in [2.24, 2.45) is 0 Å². The van der Waals surface area contributed by atoms with Crippen molar-refractivity contribution in [3.63, 3.8) is 0 Å². The summed E-state index contributed by atoms with van der Waals surface area (Å²) in [5, 5.41) is 0. The molecular weight excluding hydrogens is 355 g/mol. The number of amides is 1. The summed E-state index contributed by atoms with van der Waals surface area (Å²) in [7, 11) is -3.71. The van der Waals surface area contributed by atoms with Gasteiger partial charge in [0.1, 0.15) is 5.82 Å². The lowest BCUT2D eigenvalue weighted by molar-refractivity contribution is -0.127. The number of carbonyl (C=O) groups is 1. The summed E-state index contributed by atoms with van der Waals surface area (Å²) in [6.45, 7) is 1.34. The molecule has 0 unspecified atom stereocenters. The fraction of sp³-hybridized carbons (Fsp3) is 0.316. The molecule has 1 N–H and O–H groups in total. The summed E-state index contributed by atoms with van der Waals surface area (Å²) in [5.74, 6) is -0.261. The highest BCUT2D eigenvalue weighted by atomic mass is 32.2. The van der Waals surface area contributed by atoms with Crippen LogP contribution in [0, 0.1) is 5.82 Å². The molecule has 0 aliphatic carbocycles. The van der Waals surface area contributed by atoms with E-state index in [9.17, 15) is 17.6 Å². The quantitative estimate of drug-likeness (QED) is 0.807. The third-order valence-corrected chi connectivity index (χ3v) is 5.90. The standard InChI is InChI=1S/C19H21FN2O3S/c20-18-5-2-1-4-16(18)14-21-26(24,25)17-9-7-15(8-10-17)11-13-22-12-3-6-19(22)23/h1-2,4-5,7-10,21H,3,6,11-14H2. The predicted molar refractivity (Wildman–Crippen MR) is 96.4 cm³/mol. The van der Waals surface area contributed by atoms with Crippen LogP contribution in [0.1, 0.15) is 24.0 Å². The molecule has 1 heterocycles. The Kier molecular flexibility index (Phi) is 5.68. The topological polar surface area (TPSA) is 66.5 Å². The average molecular weight is 376 g/mol. The Labute approximate surface area is 152 Å². The smallest absolute Gasteiger partial charge is 0.240 e. The molecule has 0 saturated carbocycles. The maximum Gasteiger partial charge on any atom is 0.240 e. The zero-order chi connectivity index (χ0) is 18.6. The van der Waals surface area contributed by atoms with E-state index >= 15 is 0 Å². The van der Waals surface area contributed by atoms with Crippen LogP contribution in [-0.4, -0.2) is 32.3 Å². The van der Waals surface area contributed by atoms with Crippen LogP contribution in [0.25, 0.3) is 0 Å². The first-order valence-corrected chi connectivity index (χ1v) is 10.0. The Hall–Kier alpha value is -2.25. The number of hydrogen-bond acceptors (Lipinski definition) is 3. The number of halogens is 1. The molecule has 3 rings (SSSR count). The van der Waals surface area contributed by atoms with Gasteiger partial charge in [-0.2, -0.15) is 0 Å². The van der Waals surface area contributed by atoms with Gasteiger partial charge in [-0.25, -0.2) is 17.5 Å². The van der Waals surface area contributed by atoms with Crippen LogP contribution < -0.4 is 4.72 Å². The van der Waals surface area contributed by atoms with Gasteiger partial charge in [0, 0.05) is 31.6 Å². The van der Waals surface area contributed by atoms with E-state index in [1.165, 1.54) is 18.2 Å². The molecule has 0 bridgehead atoms. The molecule has 7 heteroatoms. The van der Waals surface area contributed by atoms with E-state index < -0.39 is 15.8 Å². The van der Waals surface area contributed by atoms with Gasteiger partial charge in [0.05, 0.1) is 4.90 Å². The number of likely N-dealkylation sites (tertiary alicyclic amines) is 1. The second kappa shape index (κ2) is 7.97. The number of sulfonamides is 1. The summed E-state index contributed by atoms with van der Waals surface area (Å²) in [5.41, 5.74) is 1.26. The van der Waals surface area contributed by atoms with Gasteiger partial charge in [0.2, 0.25) is 15.9 Å². The third kappa shape index (κ3) is 4.47. The normalized spacial score (nSPS) is 14.8. The first kappa shape index (κ1) is 18.5. The Morgan fingerprint density at radius 1 is 1.08 bits per heavy atom. The van der Waals surface area contributed by atoms with Crippen molar-refractivity contribution in [1.29, 1.82) is 0 Å². The zero-order valence-electron chi connectivity index (χ0n) is 14.3. The van der Waals surface area contributed by atoms with Crippen molar-refractivity contribution in [2.45, 2.75) is 30.7 Å². The third-order valence-electron chi connectivity index (χ3n) is 4.49. The van der Waals surface area contributed by atoms with Crippen LogP contribution in [-0.2, 0) is 27.8 Å². The van der Waals surface area contributed by atoms with E-state index in [4.69, 9.17) is 0 Å². The fourth-order valence-corrected chi connectivity index (χ4v) is 3.94. The lowest BCUT2D eigenvalue weighted by atomic mass is 10.1. The van der Waals surface area contributed by atoms with E-state index in [0.29, 0.717) is 24.9 Å². The molecule has 0 atom stereocenters. The number of benzene rings is 2. The highest BCUT2D eigenvalue weighted by molar-refractivity contribution is 7.89. The molecule has 1 aliphatic heterocycles. The number of nitrogens with zero attached hydrogens (tertiary/aromatic N) is 1. The molecule has 1 amide bonds. The maximum atomic E-state index is 13.6. The van der Waals surface area contributed by atoms with Crippen molar-refractivity contribution in [1.82, 2.24) is 9.62 Å². The Balaban J connectivity index is 1.59.